The van der Waals surface area contributed by atoms with Crippen LogP contribution in [-0.4, -0.2) is 34.8 Å². The molecule has 0 bridgehead atoms. The lowest BCUT2D eigenvalue weighted by molar-refractivity contribution is -0.123. The molecule has 3 rings (SSSR count). The number of nitrogens with one attached hydrogen (secondary N) is 1. The highest BCUT2D eigenvalue weighted by Gasteiger charge is 2.31. The lowest BCUT2D eigenvalue weighted by Crippen LogP contribution is -2.28. The Morgan fingerprint density at radius 3 is 2.90 bits per heavy atom. The molecule has 114 valence electrons. The lowest BCUT2D eigenvalue weighted by Gasteiger charge is -2.25. The molecule has 2 unspecified atom stereocenters. The van der Waals surface area contributed by atoms with Gasteiger partial charge in [0.25, 0.3) is 5.91 Å². The van der Waals surface area contributed by atoms with E-state index in [0.29, 0.717) is 29.2 Å². The minimum atomic E-state index is -1.14. The van der Waals surface area contributed by atoms with Gasteiger partial charge in [0, 0.05) is 24.3 Å². The molecule has 0 radical (unpaired) electrons. The van der Waals surface area contributed by atoms with Crippen molar-refractivity contribution in [1.82, 2.24) is 0 Å². The second kappa shape index (κ2) is 5.16. The number of nitrogens with zero attached hydrogens (tertiary/aromatic N) is 1. The van der Waals surface area contributed by atoms with Crippen LogP contribution in [0.15, 0.2) is 12.1 Å². The van der Waals surface area contributed by atoms with Crippen LogP contribution in [0.25, 0.3) is 0 Å². The number of aliphatic hydroxyl groups is 2. The van der Waals surface area contributed by atoms with Gasteiger partial charge in [0.2, 0.25) is 0 Å². The van der Waals surface area contributed by atoms with Crippen molar-refractivity contribution in [3.05, 3.63) is 22.7 Å². The Hall–Kier alpha value is -1.30. The number of hydrogen-bond donors (Lipinski definition) is 3. The van der Waals surface area contributed by atoms with Gasteiger partial charge in [0.05, 0.1) is 16.3 Å². The van der Waals surface area contributed by atoms with Gasteiger partial charge in [0.1, 0.15) is 0 Å². The van der Waals surface area contributed by atoms with Crippen LogP contribution in [0.1, 0.15) is 37.9 Å². The second-order valence-electron chi connectivity index (χ2n) is 6.12. The third-order valence-corrected chi connectivity index (χ3v) is 4.63. The predicted octanol–water partition coefficient (Wildman–Crippen LogP) is 2.07. The molecule has 0 aromatic heterocycles. The highest BCUT2D eigenvalue weighted by Crippen LogP contribution is 2.39. The molecule has 0 aliphatic carbocycles. The third-order valence-electron chi connectivity index (χ3n) is 4.32. The Morgan fingerprint density at radius 1 is 1.38 bits per heavy atom. The summed E-state index contributed by atoms with van der Waals surface area (Å²) in [5.41, 5.74) is 1.34. The van der Waals surface area contributed by atoms with Crippen LogP contribution >= 0.6 is 11.6 Å². The summed E-state index contributed by atoms with van der Waals surface area (Å²) in [6.07, 6.45) is 1.18. The molecule has 2 aliphatic heterocycles. The molecule has 1 aromatic rings. The summed E-state index contributed by atoms with van der Waals surface area (Å²) in [6, 6.07) is 3.46. The van der Waals surface area contributed by atoms with Crippen LogP contribution in [0.5, 0.6) is 0 Å². The van der Waals surface area contributed by atoms with Gasteiger partial charge < -0.3 is 20.4 Å². The number of anilines is 2. The summed E-state index contributed by atoms with van der Waals surface area (Å²) in [6.45, 7) is 3.38. The zero-order chi connectivity index (χ0) is 15.2. The van der Waals surface area contributed by atoms with Crippen LogP contribution in [0, 0.1) is 0 Å². The summed E-state index contributed by atoms with van der Waals surface area (Å²) < 4.78 is 0. The van der Waals surface area contributed by atoms with E-state index in [-0.39, 0.29) is 0 Å². The summed E-state index contributed by atoms with van der Waals surface area (Å²) in [4.78, 5) is 13.6. The first-order valence-corrected chi connectivity index (χ1v) is 7.55. The van der Waals surface area contributed by atoms with E-state index in [0.717, 1.165) is 25.1 Å². The first-order valence-electron chi connectivity index (χ1n) is 7.17. The van der Waals surface area contributed by atoms with Crippen molar-refractivity contribution in [1.29, 1.82) is 0 Å². The van der Waals surface area contributed by atoms with Crippen molar-refractivity contribution >= 4 is 28.9 Å². The van der Waals surface area contributed by atoms with Gasteiger partial charge in [0.15, 0.2) is 6.10 Å². The number of benzene rings is 1. The van der Waals surface area contributed by atoms with E-state index in [2.05, 4.69) is 10.2 Å². The van der Waals surface area contributed by atoms with E-state index in [1.807, 2.05) is 13.0 Å². The number of carbonyl (C=O) groups excluding carboxylic acids is 1. The third kappa shape index (κ3) is 2.73. The fourth-order valence-corrected chi connectivity index (χ4v) is 3.29. The topological polar surface area (TPSA) is 72.8 Å². The molecule has 1 aromatic carbocycles. The summed E-state index contributed by atoms with van der Waals surface area (Å²) >= 11 is 6.32. The van der Waals surface area contributed by atoms with Gasteiger partial charge >= 0.3 is 0 Å². The number of rotatable bonds is 1. The van der Waals surface area contributed by atoms with E-state index in [4.69, 9.17) is 11.6 Å². The SMILES string of the molecule is CC1(O)CCCN(c2cc3c(cc2Cl)C(O)C(=O)N3)CC1. The fourth-order valence-electron chi connectivity index (χ4n) is 3.00. The molecule has 1 fully saturated rings. The molecular weight excluding hydrogens is 292 g/mol. The van der Waals surface area contributed by atoms with E-state index < -0.39 is 17.6 Å². The molecule has 0 saturated carbocycles. The van der Waals surface area contributed by atoms with Gasteiger partial charge in [-0.25, -0.2) is 0 Å². The molecule has 1 amide bonds. The quantitative estimate of drug-likeness (QED) is 0.742. The normalized spacial score (nSPS) is 29.0. The number of amides is 1. The number of fused-ring (bicyclic) bond motifs is 1. The van der Waals surface area contributed by atoms with Crippen molar-refractivity contribution in [3.8, 4) is 0 Å². The van der Waals surface area contributed by atoms with E-state index in [1.54, 1.807) is 6.07 Å². The van der Waals surface area contributed by atoms with Gasteiger partial charge in [-0.3, -0.25) is 4.79 Å². The molecule has 1 saturated heterocycles. The van der Waals surface area contributed by atoms with Crippen LogP contribution in [0.3, 0.4) is 0 Å². The Labute approximate surface area is 128 Å². The van der Waals surface area contributed by atoms with E-state index in [1.165, 1.54) is 0 Å². The average molecular weight is 311 g/mol. The highest BCUT2D eigenvalue weighted by molar-refractivity contribution is 6.33. The van der Waals surface area contributed by atoms with Crippen molar-refractivity contribution in [3.63, 3.8) is 0 Å². The van der Waals surface area contributed by atoms with Crippen LogP contribution in [0.2, 0.25) is 5.02 Å². The summed E-state index contributed by atoms with van der Waals surface area (Å²) in [7, 11) is 0. The van der Waals surface area contributed by atoms with Crippen molar-refractivity contribution in [2.24, 2.45) is 0 Å². The number of aliphatic hydroxyl groups excluding tert-OH is 1. The monoisotopic (exact) mass is 310 g/mol. The van der Waals surface area contributed by atoms with Crippen LogP contribution in [-0.2, 0) is 4.79 Å². The Balaban J connectivity index is 1.90. The van der Waals surface area contributed by atoms with Crippen LogP contribution in [0.4, 0.5) is 11.4 Å². The van der Waals surface area contributed by atoms with E-state index in [9.17, 15) is 15.0 Å². The van der Waals surface area contributed by atoms with E-state index >= 15 is 0 Å². The summed E-state index contributed by atoms with van der Waals surface area (Å²) in [5.74, 6) is -0.419. The Bertz CT molecular complexity index is 589. The molecule has 5 nitrogen and oxygen atoms in total. The minimum Gasteiger partial charge on any atom is -0.390 e. The van der Waals surface area contributed by atoms with Crippen molar-refractivity contribution in [2.75, 3.05) is 23.3 Å². The smallest absolute Gasteiger partial charge is 0.257 e. The van der Waals surface area contributed by atoms with Crippen LogP contribution < -0.4 is 10.2 Å². The highest BCUT2D eigenvalue weighted by atomic mass is 35.5. The van der Waals surface area contributed by atoms with Gasteiger partial charge in [-0.05, 0) is 38.3 Å². The minimum absolute atomic E-state index is 0.419. The largest absolute Gasteiger partial charge is 0.390 e. The zero-order valence-corrected chi connectivity index (χ0v) is 12.7. The number of hydrogen-bond acceptors (Lipinski definition) is 4. The predicted molar refractivity (Wildman–Crippen MR) is 81.7 cm³/mol. The second-order valence-corrected chi connectivity index (χ2v) is 6.53. The molecule has 3 N–H and O–H groups in total. The maximum atomic E-state index is 11.5. The molecular formula is C15H19ClN2O3. The number of halogens is 1. The average Bonchev–Trinajstić information content (AvgIpc) is 2.59. The maximum Gasteiger partial charge on any atom is 0.257 e. The number of carbonyl (C=O) groups is 1. The van der Waals surface area contributed by atoms with Gasteiger partial charge in [-0.1, -0.05) is 11.6 Å². The molecule has 2 atom stereocenters. The molecule has 2 aliphatic rings. The Kier molecular flexibility index (Phi) is 3.59. The van der Waals surface area contributed by atoms with Crippen molar-refractivity contribution in [2.45, 2.75) is 37.9 Å². The first kappa shape index (κ1) is 14.6. The van der Waals surface area contributed by atoms with Crippen molar-refractivity contribution < 1.29 is 15.0 Å². The molecule has 0 spiro atoms. The van der Waals surface area contributed by atoms with Gasteiger partial charge in [-0.15, -0.1) is 0 Å². The standard InChI is InChI=1S/C15H19ClN2O3/c1-15(21)3-2-5-18(6-4-15)12-8-11-9(7-10(12)16)13(19)14(20)17-11/h7-8,13,19,21H,2-6H2,1H3,(H,17,20). The van der Waals surface area contributed by atoms with Gasteiger partial charge in [-0.2, -0.15) is 0 Å². The molecule has 6 heteroatoms. The first-order chi connectivity index (χ1) is 9.87. The molecule has 2 heterocycles. The molecule has 21 heavy (non-hydrogen) atoms. The summed E-state index contributed by atoms with van der Waals surface area (Å²) in [5, 5.41) is 23.1. The Morgan fingerprint density at radius 2 is 2.14 bits per heavy atom. The lowest BCUT2D eigenvalue weighted by atomic mass is 9.98. The fraction of sp³-hybridized carbons (Fsp3) is 0.533. The maximum absolute atomic E-state index is 11.5. The zero-order valence-electron chi connectivity index (χ0n) is 11.9.